The number of nitriles is 1. The quantitative estimate of drug-likeness (QED) is 0.833. The lowest BCUT2D eigenvalue weighted by Crippen LogP contribution is -2.35. The molecule has 112 valence electrons. The summed E-state index contributed by atoms with van der Waals surface area (Å²) in [5.74, 6) is 0.536. The van der Waals surface area contributed by atoms with Gasteiger partial charge in [-0.05, 0) is 45.6 Å². The highest BCUT2D eigenvalue weighted by molar-refractivity contribution is 5.68. The molecule has 1 aliphatic heterocycles. The first kappa shape index (κ1) is 15.2. The van der Waals surface area contributed by atoms with E-state index in [2.05, 4.69) is 9.97 Å². The second-order valence-electron chi connectivity index (χ2n) is 6.27. The lowest BCUT2D eigenvalue weighted by atomic mass is 10.0. The van der Waals surface area contributed by atoms with Crippen LogP contribution in [0, 0.1) is 17.2 Å². The van der Waals surface area contributed by atoms with Gasteiger partial charge in [-0.25, -0.2) is 14.8 Å². The van der Waals surface area contributed by atoms with Gasteiger partial charge in [0.1, 0.15) is 11.7 Å². The first-order valence-corrected chi connectivity index (χ1v) is 7.07. The summed E-state index contributed by atoms with van der Waals surface area (Å²) in [6.07, 6.45) is 3.01. The van der Waals surface area contributed by atoms with Gasteiger partial charge in [0.25, 0.3) is 0 Å². The molecule has 1 amide bonds. The largest absolute Gasteiger partial charge is 0.444 e. The number of rotatable bonds is 2. The van der Waals surface area contributed by atoms with E-state index >= 15 is 0 Å². The predicted molar refractivity (Wildman–Crippen MR) is 76.4 cm³/mol. The molecule has 6 nitrogen and oxygen atoms in total. The van der Waals surface area contributed by atoms with Gasteiger partial charge < -0.3 is 9.64 Å². The number of hydrogen-bond donors (Lipinski definition) is 0. The fourth-order valence-electron chi connectivity index (χ4n) is 2.35. The number of carbonyl (C=O) groups is 1. The third-order valence-corrected chi connectivity index (χ3v) is 3.25. The molecule has 6 heteroatoms. The highest BCUT2D eigenvalue weighted by Gasteiger charge is 2.29. The van der Waals surface area contributed by atoms with E-state index in [0.29, 0.717) is 19.0 Å². The highest BCUT2D eigenvalue weighted by Crippen LogP contribution is 2.22. The fraction of sp³-hybridized carbons (Fsp3) is 0.600. The molecule has 0 bridgehead atoms. The monoisotopic (exact) mass is 288 g/mol. The van der Waals surface area contributed by atoms with Crippen LogP contribution in [-0.2, 0) is 11.2 Å². The van der Waals surface area contributed by atoms with Crippen molar-refractivity contribution in [3.8, 4) is 6.07 Å². The first-order chi connectivity index (χ1) is 9.87. The van der Waals surface area contributed by atoms with Crippen LogP contribution in [0.25, 0.3) is 0 Å². The minimum Gasteiger partial charge on any atom is -0.444 e. The van der Waals surface area contributed by atoms with Crippen LogP contribution in [0.3, 0.4) is 0 Å². The molecular weight excluding hydrogens is 268 g/mol. The van der Waals surface area contributed by atoms with Crippen molar-refractivity contribution in [3.63, 3.8) is 0 Å². The van der Waals surface area contributed by atoms with E-state index in [9.17, 15) is 4.79 Å². The Morgan fingerprint density at radius 3 is 3.00 bits per heavy atom. The fourth-order valence-corrected chi connectivity index (χ4v) is 2.35. The molecule has 1 aromatic heterocycles. The van der Waals surface area contributed by atoms with Crippen molar-refractivity contribution in [3.05, 3.63) is 23.8 Å². The Hall–Kier alpha value is -2.16. The van der Waals surface area contributed by atoms with Gasteiger partial charge in [-0.1, -0.05) is 0 Å². The van der Waals surface area contributed by atoms with Crippen molar-refractivity contribution in [1.82, 2.24) is 14.9 Å². The molecule has 1 fully saturated rings. The smallest absolute Gasteiger partial charge is 0.410 e. The van der Waals surface area contributed by atoms with E-state index in [-0.39, 0.29) is 11.9 Å². The molecular formula is C15H20N4O2. The summed E-state index contributed by atoms with van der Waals surface area (Å²) in [6.45, 7) is 6.96. The molecule has 1 aliphatic rings. The summed E-state index contributed by atoms with van der Waals surface area (Å²) in [7, 11) is 0. The van der Waals surface area contributed by atoms with Crippen molar-refractivity contribution in [2.45, 2.75) is 39.2 Å². The summed E-state index contributed by atoms with van der Waals surface area (Å²) >= 11 is 0. The molecule has 21 heavy (non-hydrogen) atoms. The van der Waals surface area contributed by atoms with Crippen molar-refractivity contribution in [2.75, 3.05) is 13.1 Å². The molecule has 0 aromatic carbocycles. The third kappa shape index (κ3) is 4.42. The van der Waals surface area contributed by atoms with Crippen molar-refractivity contribution in [1.29, 1.82) is 5.26 Å². The molecule has 0 radical (unpaired) electrons. The Kier molecular flexibility index (Phi) is 4.41. The highest BCUT2D eigenvalue weighted by atomic mass is 16.6. The molecule has 0 aliphatic carbocycles. The Labute approximate surface area is 124 Å². The lowest BCUT2D eigenvalue weighted by molar-refractivity contribution is 0.0288. The molecule has 0 unspecified atom stereocenters. The van der Waals surface area contributed by atoms with E-state index < -0.39 is 5.60 Å². The van der Waals surface area contributed by atoms with E-state index in [1.165, 1.54) is 0 Å². The predicted octanol–water partition coefficient (Wildman–Crippen LogP) is 2.15. The van der Waals surface area contributed by atoms with Crippen LogP contribution in [0.4, 0.5) is 4.79 Å². The molecule has 1 saturated heterocycles. The molecule has 0 spiro atoms. The number of amides is 1. The van der Waals surface area contributed by atoms with E-state index in [1.807, 2.05) is 32.9 Å². The zero-order valence-corrected chi connectivity index (χ0v) is 12.7. The lowest BCUT2D eigenvalue weighted by Gasteiger charge is -2.24. The van der Waals surface area contributed by atoms with Gasteiger partial charge in [-0.2, -0.15) is 5.26 Å². The number of carbonyl (C=O) groups excluding carboxylic acids is 1. The number of ether oxygens (including phenoxy) is 1. The van der Waals surface area contributed by atoms with Crippen molar-refractivity contribution < 1.29 is 9.53 Å². The molecule has 1 atom stereocenters. The Morgan fingerprint density at radius 1 is 1.57 bits per heavy atom. The number of nitrogens with zero attached hydrogens (tertiary/aromatic N) is 4. The van der Waals surface area contributed by atoms with Crippen molar-refractivity contribution >= 4 is 6.09 Å². The number of likely N-dealkylation sites (tertiary alicyclic amines) is 1. The van der Waals surface area contributed by atoms with Gasteiger partial charge >= 0.3 is 6.09 Å². The molecule has 2 rings (SSSR count). The minimum atomic E-state index is -0.469. The minimum absolute atomic E-state index is 0.189. The topological polar surface area (TPSA) is 79.1 Å². The van der Waals surface area contributed by atoms with E-state index in [4.69, 9.17) is 10.00 Å². The first-order valence-electron chi connectivity index (χ1n) is 7.07. The average molecular weight is 288 g/mol. The van der Waals surface area contributed by atoms with Crippen molar-refractivity contribution in [2.24, 2.45) is 5.92 Å². The molecule has 1 aromatic rings. The van der Waals surface area contributed by atoms with Crippen LogP contribution < -0.4 is 0 Å². The summed E-state index contributed by atoms with van der Waals surface area (Å²) < 4.78 is 5.37. The normalized spacial score (nSPS) is 18.4. The maximum Gasteiger partial charge on any atom is 0.410 e. The van der Waals surface area contributed by atoms with E-state index in [1.54, 1.807) is 11.1 Å². The Morgan fingerprint density at radius 2 is 2.33 bits per heavy atom. The molecule has 0 N–H and O–H groups in total. The standard InChI is InChI=1S/C15H20N4O2/c1-15(2,3)21-14(20)19-7-5-11(10-19)8-12-4-6-17-13(9-16)18-12/h4,6,11H,5,7-8,10H2,1-3H3/t11-/m0/s1. The summed E-state index contributed by atoms with van der Waals surface area (Å²) in [4.78, 5) is 21.8. The number of aromatic nitrogens is 2. The zero-order valence-electron chi connectivity index (χ0n) is 12.7. The summed E-state index contributed by atoms with van der Waals surface area (Å²) in [5, 5.41) is 8.80. The van der Waals surface area contributed by atoms with Crippen LogP contribution in [0.1, 0.15) is 38.7 Å². The van der Waals surface area contributed by atoms with Gasteiger partial charge in [0.2, 0.25) is 5.82 Å². The molecule has 0 saturated carbocycles. The second kappa shape index (κ2) is 6.08. The molecule has 2 heterocycles. The van der Waals surface area contributed by atoms with Gasteiger partial charge in [-0.15, -0.1) is 0 Å². The summed E-state index contributed by atoms with van der Waals surface area (Å²) in [5.41, 5.74) is 0.376. The third-order valence-electron chi connectivity index (χ3n) is 3.25. The van der Waals surface area contributed by atoms with E-state index in [0.717, 1.165) is 18.5 Å². The van der Waals surface area contributed by atoms with Gasteiger partial charge in [0.15, 0.2) is 0 Å². The zero-order chi connectivity index (χ0) is 15.5. The summed E-state index contributed by atoms with van der Waals surface area (Å²) in [6, 6.07) is 3.75. The second-order valence-corrected chi connectivity index (χ2v) is 6.27. The Bertz CT molecular complexity index is 560. The van der Waals surface area contributed by atoms with Gasteiger partial charge in [0, 0.05) is 25.0 Å². The number of hydrogen-bond acceptors (Lipinski definition) is 5. The maximum atomic E-state index is 12.0. The van der Waals surface area contributed by atoms with Crippen LogP contribution in [0.2, 0.25) is 0 Å². The van der Waals surface area contributed by atoms with Gasteiger partial charge in [0.05, 0.1) is 0 Å². The van der Waals surface area contributed by atoms with Gasteiger partial charge in [-0.3, -0.25) is 0 Å². The SMILES string of the molecule is CC(C)(C)OC(=O)N1CC[C@@H](Cc2ccnc(C#N)n2)C1. The van der Waals surface area contributed by atoms with Crippen LogP contribution in [0.15, 0.2) is 12.3 Å². The maximum absolute atomic E-state index is 12.0. The van der Waals surface area contributed by atoms with Crippen LogP contribution in [-0.4, -0.2) is 39.7 Å². The van der Waals surface area contributed by atoms with Crippen LogP contribution >= 0.6 is 0 Å². The Balaban J connectivity index is 1.91. The van der Waals surface area contributed by atoms with Crippen LogP contribution in [0.5, 0.6) is 0 Å². The average Bonchev–Trinajstić information content (AvgIpc) is 2.85.